The van der Waals surface area contributed by atoms with Gasteiger partial charge in [0.15, 0.2) is 0 Å². The Hall–Kier alpha value is -2.89. The van der Waals surface area contributed by atoms with Gasteiger partial charge in [-0.2, -0.15) is 0 Å². The normalized spacial score (nSPS) is 16.9. The van der Waals surface area contributed by atoms with Crippen LogP contribution < -0.4 is 9.80 Å². The van der Waals surface area contributed by atoms with Gasteiger partial charge < -0.3 is 14.7 Å². The highest BCUT2D eigenvalue weighted by Crippen LogP contribution is 2.31. The third-order valence-electron chi connectivity index (χ3n) is 5.67. The summed E-state index contributed by atoms with van der Waals surface area (Å²) in [5.41, 5.74) is 4.18. The van der Waals surface area contributed by atoms with Crippen LogP contribution in [0.2, 0.25) is 0 Å². The van der Waals surface area contributed by atoms with Gasteiger partial charge in [0.1, 0.15) is 5.82 Å². The standard InChI is InChI=1S/C22H24FN3O2/c1-24-20-8-7-19(15-17(20)4-9-21(24)27)25-10-12-26(13-11-25)22(28)14-16-2-5-18(23)6-3-16/h2-3,5-8,15H,4,9-14H2,1H3. The Bertz CT molecular complexity index is 889. The molecule has 2 aliphatic heterocycles. The van der Waals surface area contributed by atoms with Crippen LogP contribution in [0.1, 0.15) is 17.5 Å². The van der Waals surface area contributed by atoms with E-state index >= 15 is 0 Å². The zero-order valence-electron chi connectivity index (χ0n) is 16.0. The molecule has 0 N–H and O–H groups in total. The number of hydrogen-bond donors (Lipinski definition) is 0. The van der Waals surface area contributed by atoms with Crippen LogP contribution >= 0.6 is 0 Å². The van der Waals surface area contributed by atoms with Crippen molar-refractivity contribution in [2.75, 3.05) is 43.0 Å². The van der Waals surface area contributed by atoms with Gasteiger partial charge in [-0.05, 0) is 47.9 Å². The lowest BCUT2D eigenvalue weighted by atomic mass is 10.0. The molecule has 5 nitrogen and oxygen atoms in total. The maximum atomic E-state index is 13.0. The summed E-state index contributed by atoms with van der Waals surface area (Å²) < 4.78 is 13.0. The van der Waals surface area contributed by atoms with E-state index < -0.39 is 0 Å². The third-order valence-corrected chi connectivity index (χ3v) is 5.67. The number of anilines is 2. The number of aryl methyl sites for hydroxylation is 1. The molecule has 0 spiro atoms. The SMILES string of the molecule is CN1C(=O)CCc2cc(N3CCN(C(=O)Cc4ccc(F)cc4)CC3)ccc21. The molecular formula is C22H24FN3O2. The van der Waals surface area contributed by atoms with Crippen molar-refractivity contribution in [3.8, 4) is 0 Å². The number of nitrogens with zero attached hydrogens (tertiary/aromatic N) is 3. The highest BCUT2D eigenvalue weighted by molar-refractivity contribution is 5.96. The zero-order chi connectivity index (χ0) is 19.7. The number of benzene rings is 2. The van der Waals surface area contributed by atoms with E-state index in [4.69, 9.17) is 0 Å². The average Bonchev–Trinajstić information content (AvgIpc) is 2.72. The maximum Gasteiger partial charge on any atom is 0.227 e. The highest BCUT2D eigenvalue weighted by Gasteiger charge is 2.24. The molecule has 146 valence electrons. The fourth-order valence-corrected chi connectivity index (χ4v) is 3.94. The first-order valence-corrected chi connectivity index (χ1v) is 9.68. The summed E-state index contributed by atoms with van der Waals surface area (Å²) in [4.78, 5) is 30.3. The van der Waals surface area contributed by atoms with Gasteiger partial charge in [-0.25, -0.2) is 4.39 Å². The summed E-state index contributed by atoms with van der Waals surface area (Å²) in [6.07, 6.45) is 1.64. The lowest BCUT2D eigenvalue weighted by Gasteiger charge is -2.37. The Kier molecular flexibility index (Phi) is 5.03. The van der Waals surface area contributed by atoms with Crippen LogP contribution in [0.3, 0.4) is 0 Å². The van der Waals surface area contributed by atoms with Crippen molar-refractivity contribution in [2.45, 2.75) is 19.3 Å². The number of amides is 2. The van der Waals surface area contributed by atoms with E-state index in [0.29, 0.717) is 25.9 Å². The van der Waals surface area contributed by atoms with Crippen LogP contribution in [-0.4, -0.2) is 49.9 Å². The molecule has 0 aromatic heterocycles. The molecule has 0 bridgehead atoms. The maximum absolute atomic E-state index is 13.0. The summed E-state index contributed by atoms with van der Waals surface area (Å²) in [5, 5.41) is 0. The molecule has 28 heavy (non-hydrogen) atoms. The van der Waals surface area contributed by atoms with Gasteiger partial charge in [-0.1, -0.05) is 12.1 Å². The van der Waals surface area contributed by atoms with Crippen molar-refractivity contribution < 1.29 is 14.0 Å². The minimum atomic E-state index is -0.287. The number of carbonyl (C=O) groups excluding carboxylic acids is 2. The van der Waals surface area contributed by atoms with Crippen molar-refractivity contribution in [1.82, 2.24) is 4.90 Å². The second-order valence-corrected chi connectivity index (χ2v) is 7.44. The quantitative estimate of drug-likeness (QED) is 0.821. The average molecular weight is 381 g/mol. The van der Waals surface area contributed by atoms with Gasteiger partial charge >= 0.3 is 0 Å². The van der Waals surface area contributed by atoms with Crippen LogP contribution in [0.25, 0.3) is 0 Å². The van der Waals surface area contributed by atoms with E-state index in [0.717, 1.165) is 36.4 Å². The van der Waals surface area contributed by atoms with Crippen molar-refractivity contribution >= 4 is 23.2 Å². The summed E-state index contributed by atoms with van der Waals surface area (Å²) >= 11 is 0. The lowest BCUT2D eigenvalue weighted by molar-refractivity contribution is -0.130. The van der Waals surface area contributed by atoms with E-state index in [-0.39, 0.29) is 17.6 Å². The second kappa shape index (κ2) is 7.62. The number of halogens is 1. The molecule has 0 saturated carbocycles. The van der Waals surface area contributed by atoms with Crippen LogP contribution in [0.15, 0.2) is 42.5 Å². The van der Waals surface area contributed by atoms with E-state index in [9.17, 15) is 14.0 Å². The topological polar surface area (TPSA) is 43.9 Å². The molecule has 0 atom stereocenters. The first-order chi connectivity index (χ1) is 13.5. The molecule has 2 aromatic carbocycles. The summed E-state index contributed by atoms with van der Waals surface area (Å²) in [7, 11) is 1.82. The molecule has 0 unspecified atom stereocenters. The minimum absolute atomic E-state index is 0.0804. The van der Waals surface area contributed by atoms with Crippen molar-refractivity contribution in [1.29, 1.82) is 0 Å². The van der Waals surface area contributed by atoms with Gasteiger partial charge in [0.05, 0.1) is 6.42 Å². The zero-order valence-corrected chi connectivity index (χ0v) is 16.0. The number of rotatable bonds is 3. The molecular weight excluding hydrogens is 357 g/mol. The van der Waals surface area contributed by atoms with Crippen molar-refractivity contribution in [2.24, 2.45) is 0 Å². The van der Waals surface area contributed by atoms with E-state index in [1.807, 2.05) is 18.0 Å². The fraction of sp³-hybridized carbons (Fsp3) is 0.364. The first kappa shape index (κ1) is 18.5. The van der Waals surface area contributed by atoms with Crippen molar-refractivity contribution in [3.63, 3.8) is 0 Å². The Labute approximate surface area is 164 Å². The van der Waals surface area contributed by atoms with E-state index in [2.05, 4.69) is 17.0 Å². The monoisotopic (exact) mass is 381 g/mol. The molecule has 2 aliphatic rings. The van der Waals surface area contributed by atoms with Crippen LogP contribution in [0.4, 0.5) is 15.8 Å². The van der Waals surface area contributed by atoms with Crippen LogP contribution in [0.5, 0.6) is 0 Å². The molecule has 1 fully saturated rings. The molecule has 0 aliphatic carbocycles. The summed E-state index contributed by atoms with van der Waals surface area (Å²) in [6.45, 7) is 2.91. The van der Waals surface area contributed by atoms with E-state index in [1.54, 1.807) is 17.0 Å². The Morgan fingerprint density at radius 3 is 2.43 bits per heavy atom. The highest BCUT2D eigenvalue weighted by atomic mass is 19.1. The van der Waals surface area contributed by atoms with Crippen LogP contribution in [0, 0.1) is 5.82 Å². The van der Waals surface area contributed by atoms with Crippen molar-refractivity contribution in [3.05, 3.63) is 59.4 Å². The van der Waals surface area contributed by atoms with Gasteiger partial charge in [-0.15, -0.1) is 0 Å². The predicted molar refractivity (Wildman–Crippen MR) is 107 cm³/mol. The molecule has 4 rings (SSSR count). The van der Waals surface area contributed by atoms with Gasteiger partial charge in [0, 0.05) is 51.0 Å². The first-order valence-electron chi connectivity index (χ1n) is 9.68. The van der Waals surface area contributed by atoms with Gasteiger partial charge in [-0.3, -0.25) is 9.59 Å². The molecule has 6 heteroatoms. The Morgan fingerprint density at radius 1 is 1.00 bits per heavy atom. The second-order valence-electron chi connectivity index (χ2n) is 7.44. The largest absolute Gasteiger partial charge is 0.368 e. The summed E-state index contributed by atoms with van der Waals surface area (Å²) in [5.74, 6) is -0.0456. The number of carbonyl (C=O) groups is 2. The fourth-order valence-electron chi connectivity index (χ4n) is 3.94. The molecule has 2 heterocycles. The number of piperazine rings is 1. The van der Waals surface area contributed by atoms with E-state index in [1.165, 1.54) is 17.7 Å². The van der Waals surface area contributed by atoms with Gasteiger partial charge in [0.25, 0.3) is 0 Å². The number of hydrogen-bond acceptors (Lipinski definition) is 3. The molecule has 2 aromatic rings. The predicted octanol–water partition coefficient (Wildman–Crippen LogP) is 2.63. The molecule has 2 amide bonds. The van der Waals surface area contributed by atoms with Crippen LogP contribution in [-0.2, 0) is 22.4 Å². The Balaban J connectivity index is 1.37. The third kappa shape index (κ3) is 3.72. The Morgan fingerprint density at radius 2 is 1.71 bits per heavy atom. The van der Waals surface area contributed by atoms with Gasteiger partial charge in [0.2, 0.25) is 11.8 Å². The molecule has 1 saturated heterocycles. The number of fused-ring (bicyclic) bond motifs is 1. The smallest absolute Gasteiger partial charge is 0.227 e. The summed E-state index contributed by atoms with van der Waals surface area (Å²) in [6, 6.07) is 12.4. The lowest BCUT2D eigenvalue weighted by Crippen LogP contribution is -2.49. The molecule has 0 radical (unpaired) electrons. The minimum Gasteiger partial charge on any atom is -0.368 e.